The molecule has 3 rings (SSSR count). The molecule has 0 N–H and O–H groups in total. The Morgan fingerprint density at radius 2 is 0.817 bits per heavy atom. The Kier molecular flexibility index (Phi) is 44.5. The summed E-state index contributed by atoms with van der Waals surface area (Å²) in [6.07, 6.45) is 32.6. The molecule has 0 radical (unpaired) electrons. The van der Waals surface area contributed by atoms with Gasteiger partial charge in [-0.05, 0) is 122 Å². The van der Waals surface area contributed by atoms with Gasteiger partial charge in [0.25, 0.3) is 0 Å². The van der Waals surface area contributed by atoms with E-state index in [-0.39, 0.29) is 49.9 Å². The number of allylic oxidation sites excluding steroid dienone is 20. The van der Waals surface area contributed by atoms with Crippen LogP contribution in [0, 0.1) is 0 Å². The van der Waals surface area contributed by atoms with Crippen molar-refractivity contribution >= 4 is 53.8 Å². The van der Waals surface area contributed by atoms with Gasteiger partial charge in [0.15, 0.2) is 0 Å². The molecule has 0 aliphatic carbocycles. The smallest absolute Gasteiger partial charge is 0.373 e. The monoisotopic (exact) mass is 1050 g/mol. The molecule has 0 bridgehead atoms. The fourth-order valence-corrected chi connectivity index (χ4v) is 9.69. The second-order valence-corrected chi connectivity index (χ2v) is 18.5. The predicted molar refractivity (Wildman–Crippen MR) is 297 cm³/mol. The first-order valence-electron chi connectivity index (χ1n) is 22.4. The third kappa shape index (κ3) is 31.3. The topological polar surface area (TPSA) is 121 Å². The van der Waals surface area contributed by atoms with Crippen molar-refractivity contribution in [3.8, 4) is 0 Å². The molecule has 0 heterocycles. The van der Waals surface area contributed by atoms with Gasteiger partial charge in [-0.1, -0.05) is 178 Å². The molecule has 10 heteroatoms. The van der Waals surface area contributed by atoms with Crippen LogP contribution in [0.1, 0.15) is 90.5 Å². The van der Waals surface area contributed by atoms with Gasteiger partial charge in [0.1, 0.15) is 35.7 Å². The van der Waals surface area contributed by atoms with Crippen LogP contribution >= 0.6 is 7.26 Å². The minimum atomic E-state index is -1.95. The number of halogens is 1. The van der Waals surface area contributed by atoms with Crippen molar-refractivity contribution in [3.05, 3.63) is 221 Å². The number of esters is 2. The van der Waals surface area contributed by atoms with E-state index in [9.17, 15) is 19.2 Å². The molecule has 0 aromatic heterocycles. The van der Waals surface area contributed by atoms with Crippen LogP contribution in [0.5, 0.6) is 0 Å². The maximum absolute atomic E-state index is 12.2. The Labute approximate surface area is 437 Å². The van der Waals surface area contributed by atoms with Gasteiger partial charge >= 0.3 is 18.1 Å². The van der Waals surface area contributed by atoms with Gasteiger partial charge in [-0.25, -0.2) is 9.59 Å². The van der Waals surface area contributed by atoms with E-state index >= 15 is 0 Å². The molecule has 0 unspecified atom stereocenters. The fourth-order valence-electron chi connectivity index (χ4n) is 5.57. The second-order valence-electron chi connectivity index (χ2n) is 15.0. The number of rotatable bonds is 20. The summed E-state index contributed by atoms with van der Waals surface area (Å²) in [4.78, 5) is 60.1. The molecule has 0 saturated carbocycles. The number of ether oxygens (including phenoxy) is 2. The van der Waals surface area contributed by atoms with Gasteiger partial charge in [0.2, 0.25) is 0 Å². The molecule has 0 aliphatic heterocycles. The van der Waals surface area contributed by atoms with E-state index in [0.717, 1.165) is 30.7 Å². The van der Waals surface area contributed by atoms with E-state index in [1.165, 1.54) is 27.1 Å². The second kappa shape index (κ2) is 44.6. The largest absolute Gasteiger partial charge is 1.00 e. The summed E-state index contributed by atoms with van der Waals surface area (Å²) in [6, 6.07) is 32.0. The lowest BCUT2D eigenvalue weighted by Gasteiger charge is -2.26. The average Bonchev–Trinajstić information content (AvgIpc) is 3.35. The minimum Gasteiger partial charge on any atom is -1.00 e. The molecule has 8 nitrogen and oxygen atoms in total. The lowest BCUT2D eigenvalue weighted by molar-refractivity contribution is -0.191. The minimum absolute atomic E-state index is 0. The number of aldehydes is 2. The predicted octanol–water partition coefficient (Wildman–Crippen LogP) is 10.4. The maximum atomic E-state index is 12.2. The highest BCUT2D eigenvalue weighted by Gasteiger charge is 2.44. The third-order valence-electron chi connectivity index (χ3n) is 9.49. The molecular weight excluding hydrogens is 972 g/mol. The Balaban J connectivity index is -0.000000481. The third-order valence-corrected chi connectivity index (χ3v) is 13.8. The zero-order valence-electron chi connectivity index (χ0n) is 41.9. The Hall–Kier alpha value is -6.63. The maximum Gasteiger partial charge on any atom is 0.373 e. The molecule has 3 aromatic carbocycles. The highest BCUT2D eigenvalue weighted by atomic mass is 79.9. The first-order valence-corrected chi connectivity index (χ1v) is 24.4. The molecule has 3 aromatic rings. The first-order chi connectivity index (χ1) is 32.7. The highest BCUT2D eigenvalue weighted by Crippen LogP contribution is 2.55. The Bertz CT molecular complexity index is 2250. The zero-order chi connectivity index (χ0) is 51.0. The normalized spacial score (nSPS) is 12.3. The molecule has 0 aliphatic rings. The van der Waals surface area contributed by atoms with E-state index in [1.807, 2.05) is 69.4 Å². The van der Waals surface area contributed by atoms with E-state index in [0.29, 0.717) is 35.5 Å². The van der Waals surface area contributed by atoms with Crippen molar-refractivity contribution in [1.82, 2.24) is 0 Å². The van der Waals surface area contributed by atoms with Crippen LogP contribution < -0.4 is 32.9 Å². The van der Waals surface area contributed by atoms with Crippen LogP contribution in [-0.4, -0.2) is 50.0 Å². The molecular formula is C61H78BrO8P. The van der Waals surface area contributed by atoms with Crippen LogP contribution in [0.25, 0.3) is 0 Å². The summed E-state index contributed by atoms with van der Waals surface area (Å²) >= 11 is 0. The standard InChI is InChI=1S/C25H26O2P.C23H32O2.C10H12O2.CO2.2CH4.BrH/c1-3-27-25(26)21(2)19-20-28(22-13-7-4-8-14-22,23-15-9-5-10-16-23)24-17-11-6-12-18-24;1-7-19(3)15-11-16-20(4)13-9-10-14-21(5)17-12-18-22(6)23(24)25-8-2;1-9(7-11)5-3-4-6-10(2)8-12;2-1-3;;;/h4-19H,3,20H2,1-2H3;9-18H,7-8H2,1-6H3;3-8H,1-2H3;;2*1H4;1H/q+1;;;;;;/p-1/b21-19+;10-9+,16-11+,17-12+,19-15+,20-13+,21-14+,22-18+;4-3+,9-5+,10-6+;;;;. The van der Waals surface area contributed by atoms with Crippen LogP contribution in [-0.2, 0) is 38.2 Å². The Morgan fingerprint density at radius 3 is 1.14 bits per heavy atom. The molecule has 0 saturated heterocycles. The molecule has 0 fully saturated rings. The summed E-state index contributed by atoms with van der Waals surface area (Å²) in [7, 11) is -1.95. The van der Waals surface area contributed by atoms with Gasteiger partial charge in [-0.2, -0.15) is 9.59 Å². The SMILES string of the molecule is C.C.CCOC(=O)/C(C)=C/C=C/C(C)=C/C=C/C=C(C)/C=C/C=C(\C)CC.CCOC(=O)/C(C)=C/C[P+](c1ccccc1)(c1ccccc1)c1ccccc1.C\C(C=O)=C/C=C/C=C(\C)C=O.O=C=O.[Br-]. The highest BCUT2D eigenvalue weighted by molar-refractivity contribution is 7.95. The van der Waals surface area contributed by atoms with Gasteiger partial charge in [0, 0.05) is 11.1 Å². The summed E-state index contributed by atoms with van der Waals surface area (Å²) in [5.41, 5.74) is 6.25. The van der Waals surface area contributed by atoms with Crippen LogP contribution in [0.4, 0.5) is 0 Å². The molecule has 382 valence electrons. The van der Waals surface area contributed by atoms with Crippen molar-refractivity contribution in [2.45, 2.75) is 90.5 Å². The summed E-state index contributed by atoms with van der Waals surface area (Å²) in [6.45, 7) is 19.8. The van der Waals surface area contributed by atoms with Crippen molar-refractivity contribution in [2.75, 3.05) is 19.4 Å². The lowest BCUT2D eigenvalue weighted by atomic mass is 10.2. The number of hydrogen-bond donors (Lipinski definition) is 0. The van der Waals surface area contributed by atoms with E-state index in [1.54, 1.807) is 58.1 Å². The number of benzene rings is 3. The fraction of sp³-hybridized carbons (Fsp3) is 0.262. The average molecular weight is 1050 g/mol. The molecule has 0 atom stereocenters. The zero-order valence-corrected chi connectivity index (χ0v) is 44.4. The summed E-state index contributed by atoms with van der Waals surface area (Å²) in [5.74, 6) is -0.513. The quantitative estimate of drug-likeness (QED) is 0.0361. The number of hydrogen-bond acceptors (Lipinski definition) is 8. The van der Waals surface area contributed by atoms with Crippen LogP contribution in [0.2, 0.25) is 0 Å². The van der Waals surface area contributed by atoms with Crippen molar-refractivity contribution in [3.63, 3.8) is 0 Å². The molecule has 0 amide bonds. The van der Waals surface area contributed by atoms with Gasteiger partial charge in [0.05, 0.1) is 19.4 Å². The van der Waals surface area contributed by atoms with E-state index in [2.05, 4.69) is 124 Å². The van der Waals surface area contributed by atoms with Gasteiger partial charge in [-0.15, -0.1) is 0 Å². The first kappa shape index (κ1) is 70.9. The van der Waals surface area contributed by atoms with Crippen molar-refractivity contribution in [2.24, 2.45) is 0 Å². The van der Waals surface area contributed by atoms with Crippen LogP contribution in [0.3, 0.4) is 0 Å². The van der Waals surface area contributed by atoms with Gasteiger partial charge in [-0.3, -0.25) is 9.59 Å². The molecule has 0 spiro atoms. The summed E-state index contributed by atoms with van der Waals surface area (Å²) in [5, 5.41) is 3.92. The number of carbonyl (C=O) groups excluding carboxylic acids is 6. The van der Waals surface area contributed by atoms with Crippen molar-refractivity contribution in [1.29, 1.82) is 0 Å². The van der Waals surface area contributed by atoms with Crippen LogP contribution in [0.15, 0.2) is 221 Å². The lowest BCUT2D eigenvalue weighted by Crippen LogP contribution is -3.00. The Morgan fingerprint density at radius 1 is 0.493 bits per heavy atom. The van der Waals surface area contributed by atoms with Crippen molar-refractivity contribution < 1.29 is 55.2 Å². The molecule has 71 heavy (non-hydrogen) atoms. The van der Waals surface area contributed by atoms with E-state index < -0.39 is 7.26 Å². The summed E-state index contributed by atoms with van der Waals surface area (Å²) < 4.78 is 10.1. The van der Waals surface area contributed by atoms with Gasteiger partial charge < -0.3 is 26.5 Å². The number of carbonyl (C=O) groups is 4. The van der Waals surface area contributed by atoms with E-state index in [4.69, 9.17) is 19.1 Å².